The molecule has 10 rings (SSSR count). The van der Waals surface area contributed by atoms with E-state index in [-0.39, 0.29) is 131 Å². The number of likely N-dealkylation sites (tertiary alicyclic amines) is 1. The molecule has 31 nitrogen and oxygen atoms in total. The van der Waals surface area contributed by atoms with Crippen molar-refractivity contribution in [3.63, 3.8) is 0 Å². The molecule has 10 N–H and O–H groups in total. The molecule has 5 aliphatic heterocycles. The number of unbranched alkanes of at least 4 members (excludes halogenated alkanes) is 2. The zero-order valence-electron chi connectivity index (χ0n) is 62.2. The number of nitrogens with zero attached hydrogens (tertiary/aromatic N) is 4. The fourth-order valence-electron chi connectivity index (χ4n) is 14.9. The molecule has 0 aromatic heterocycles. The van der Waals surface area contributed by atoms with Gasteiger partial charge in [0.15, 0.2) is 5.71 Å². The second-order valence-corrected chi connectivity index (χ2v) is 35.7. The molecule has 2 fully saturated rings. The lowest BCUT2D eigenvalue weighted by molar-refractivity contribution is -0.438. The number of ether oxygens (including phenoxy) is 3. The first-order valence-corrected chi connectivity index (χ1v) is 42.4. The summed E-state index contributed by atoms with van der Waals surface area (Å²) < 4.78 is 199. The molecule has 2 saturated heterocycles. The van der Waals surface area contributed by atoms with Crippen LogP contribution in [0.2, 0.25) is 0 Å². The summed E-state index contributed by atoms with van der Waals surface area (Å²) in [6, 6.07) is 16.9. The van der Waals surface area contributed by atoms with Crippen molar-refractivity contribution in [2.24, 2.45) is 11.7 Å². The van der Waals surface area contributed by atoms with Crippen LogP contribution in [0.1, 0.15) is 136 Å². The Morgan fingerprint density at radius 1 is 0.743 bits per heavy atom. The summed E-state index contributed by atoms with van der Waals surface area (Å²) in [5.74, 6) is -15.2. The topological polar surface area (TPSA) is 460 Å². The maximum absolute atomic E-state index is 15.3. The van der Waals surface area contributed by atoms with Crippen molar-refractivity contribution in [3.05, 3.63) is 159 Å². The third kappa shape index (κ3) is 21.0. The van der Waals surface area contributed by atoms with Crippen molar-refractivity contribution in [1.29, 1.82) is 0 Å². The Kier molecular flexibility index (Phi) is 26.3. The van der Waals surface area contributed by atoms with Gasteiger partial charge in [-0.25, -0.2) is 18.0 Å². The van der Waals surface area contributed by atoms with Crippen LogP contribution in [0.15, 0.2) is 136 Å². The first-order chi connectivity index (χ1) is 52.8. The van der Waals surface area contributed by atoms with E-state index in [0.29, 0.717) is 87.0 Å². The van der Waals surface area contributed by atoms with E-state index in [4.69, 9.17) is 19.9 Å². The summed E-state index contributed by atoms with van der Waals surface area (Å²) in [5, 5.41) is 17.9. The standard InChI is InChI=1S/C75H89F3N8O23S4/c1-72(2)56-40-54(112(101,102)103)20-22-60(56)84(28-5-7-34-110(95,96)97)62(72)24-16-47-10-9-11-48(17-25-63-73(3,4)57-41-55(113(104,105)106)21-23-61(57)85(63)29-6-8-35-111(98,99)100)66(47)109-53-18-12-46(13-19-53)36-59(70(92)93)81-64(87)26-30-107-32-33-108-31-27-80-67(89)49-14-15-50-42-83(43-52(50)37-49)65(88)39-51-38-58(82-68(51)90)69(91)86-45-74(76,77)44-75(86,78)71(79)94/h12-25,37,40-41,51,58-59H,5-11,26-36,38-39,42-45H2,1-4H3,(H9-,79,80,81,82,87,89,90,92,93,94,95,96,97,98,99,100,101,102,103,104,105,106)/p+1/t51-,58-,59-,75-/m0/s1. The number of allylic oxidation sites excluding steroid dienone is 7. The Labute approximate surface area is 651 Å². The van der Waals surface area contributed by atoms with Crippen LogP contribution in [0.5, 0.6) is 5.75 Å². The van der Waals surface area contributed by atoms with E-state index in [1.54, 1.807) is 54.6 Å². The van der Waals surface area contributed by atoms with Gasteiger partial charge in [0.05, 0.1) is 66.1 Å². The number of benzene rings is 4. The molecular formula is C75H90F3N8O23S4+. The lowest BCUT2D eigenvalue weighted by Gasteiger charge is -2.29. The van der Waals surface area contributed by atoms with Gasteiger partial charge in [0, 0.05) is 97.8 Å². The first kappa shape index (κ1) is 86.2. The Bertz CT molecular complexity index is 5090. The first-order valence-electron chi connectivity index (χ1n) is 36.3. The van der Waals surface area contributed by atoms with E-state index in [9.17, 15) is 99.3 Å². The highest BCUT2D eigenvalue weighted by atomic mass is 32.2. The lowest BCUT2D eigenvalue weighted by atomic mass is 9.81. The number of carbonyl (C=O) groups excluding carboxylic acids is 6. The van der Waals surface area contributed by atoms with E-state index in [2.05, 4.69) is 16.0 Å². The molecule has 612 valence electrons. The number of carboxylic acid groups (broad SMARTS) is 1. The fourth-order valence-corrected chi connectivity index (χ4v) is 17.1. The maximum Gasteiger partial charge on any atom is 0.326 e. The summed E-state index contributed by atoms with van der Waals surface area (Å²) in [6.45, 7) is 6.88. The number of rotatable bonds is 35. The van der Waals surface area contributed by atoms with E-state index in [1.807, 2.05) is 61.5 Å². The van der Waals surface area contributed by atoms with E-state index in [1.165, 1.54) is 29.2 Å². The minimum absolute atomic E-state index is 0.0349. The number of hydrogen-bond donors (Lipinski definition) is 9. The summed E-state index contributed by atoms with van der Waals surface area (Å²) in [5.41, 5.74) is 10.3. The van der Waals surface area contributed by atoms with Gasteiger partial charge in [-0.1, -0.05) is 38.1 Å². The van der Waals surface area contributed by atoms with Crippen molar-refractivity contribution >= 4 is 99.0 Å². The number of amides is 6. The summed E-state index contributed by atoms with van der Waals surface area (Å²) in [6.07, 6.45) is 6.95. The lowest BCUT2D eigenvalue weighted by Crippen LogP contribution is -2.56. The van der Waals surface area contributed by atoms with Crippen molar-refractivity contribution in [3.8, 4) is 5.75 Å². The number of carboxylic acids is 1. The highest BCUT2D eigenvalue weighted by molar-refractivity contribution is 7.86. The van der Waals surface area contributed by atoms with Gasteiger partial charge in [-0.15, -0.1) is 0 Å². The molecule has 0 spiro atoms. The van der Waals surface area contributed by atoms with Gasteiger partial charge in [0.1, 0.15) is 30.1 Å². The van der Waals surface area contributed by atoms with Gasteiger partial charge in [0.2, 0.25) is 29.3 Å². The quantitative estimate of drug-likeness (QED) is 0.0106. The van der Waals surface area contributed by atoms with Gasteiger partial charge in [-0.3, -0.25) is 51.9 Å². The van der Waals surface area contributed by atoms with Crippen LogP contribution in [-0.4, -0.2) is 206 Å². The monoisotopic (exact) mass is 1660 g/mol. The Balaban J connectivity index is 0.751. The van der Waals surface area contributed by atoms with Crippen molar-refractivity contribution < 1.29 is 123 Å². The number of anilines is 1. The molecule has 0 bridgehead atoms. The van der Waals surface area contributed by atoms with Crippen LogP contribution in [0.4, 0.5) is 24.5 Å². The Hall–Kier alpha value is -9.25. The average Bonchev–Trinajstić information content (AvgIpc) is 1.59. The van der Waals surface area contributed by atoms with Crippen molar-refractivity contribution in [2.75, 3.05) is 69.0 Å². The second-order valence-electron chi connectivity index (χ2n) is 29.7. The number of nitrogens with two attached hydrogens (primary N) is 1. The SMILES string of the molecule is CC1(C)C(/C=C/C2=C(Oc3ccc(C[C@H](NC(=O)CCOCCOCCNC(=O)c4ccc5c(c4)CN(C(=O)C[C@@H]4C[C@@H](C(=O)N6CC(F)(F)C[C@@]6(F)C(N)=O)NC4=O)C5)C(=O)O)cc3)C(=C/C=C3/N(CCCCS(=O)(=O)O)c4ccc(S(=O)(=O)O)cc4C3(C)C)/CCC2)=[N+](CCCCS(=O)(=O)O)c2ccc(S(=O)(=O)O)cc21. The van der Waals surface area contributed by atoms with Gasteiger partial charge < -0.3 is 50.8 Å². The van der Waals surface area contributed by atoms with Crippen LogP contribution in [0.25, 0.3) is 0 Å². The Morgan fingerprint density at radius 2 is 1.39 bits per heavy atom. The number of aliphatic carboxylic acids is 1. The molecule has 4 aromatic rings. The normalized spacial score (nSPS) is 20.9. The molecule has 0 unspecified atom stereocenters. The molecule has 5 heterocycles. The second kappa shape index (κ2) is 34.4. The molecule has 4 aromatic carbocycles. The number of alkyl halides is 3. The van der Waals surface area contributed by atoms with Gasteiger partial charge in [-0.2, -0.15) is 38.2 Å². The number of carbonyl (C=O) groups is 7. The average molecular weight is 1660 g/mol. The number of nitrogens with one attached hydrogen (secondary N) is 3. The smallest absolute Gasteiger partial charge is 0.326 e. The minimum atomic E-state index is -4.65. The van der Waals surface area contributed by atoms with Crippen molar-refractivity contribution in [1.82, 2.24) is 25.8 Å². The molecule has 1 aliphatic carbocycles. The van der Waals surface area contributed by atoms with Crippen LogP contribution >= 0.6 is 0 Å². The predicted octanol–water partition coefficient (Wildman–Crippen LogP) is 6.29. The number of hydrogen-bond acceptors (Lipinski definition) is 19. The van der Waals surface area contributed by atoms with Gasteiger partial charge in [-0.05, 0) is 159 Å². The summed E-state index contributed by atoms with van der Waals surface area (Å²) in [7, 11) is -17.9. The zero-order chi connectivity index (χ0) is 82.6. The number of primary amides is 1. The maximum atomic E-state index is 15.3. The highest BCUT2D eigenvalue weighted by Crippen LogP contribution is 2.50. The predicted molar refractivity (Wildman–Crippen MR) is 402 cm³/mol. The number of fused-ring (bicyclic) bond motifs is 3. The van der Waals surface area contributed by atoms with Crippen LogP contribution in [0, 0.1) is 5.92 Å². The highest BCUT2D eigenvalue weighted by Gasteiger charge is 2.62. The fraction of sp³-hybridized carbons (Fsp3) is 0.467. The third-order valence-electron chi connectivity index (χ3n) is 20.8. The molecule has 0 saturated carbocycles. The largest absolute Gasteiger partial charge is 0.480 e. The van der Waals surface area contributed by atoms with Gasteiger partial charge in [0.25, 0.3) is 64.0 Å². The van der Waals surface area contributed by atoms with Crippen LogP contribution in [0.3, 0.4) is 0 Å². The Morgan fingerprint density at radius 3 is 2.04 bits per heavy atom. The van der Waals surface area contributed by atoms with Crippen molar-refractivity contribution in [2.45, 2.75) is 162 Å². The molecule has 38 heteroatoms. The zero-order valence-corrected chi connectivity index (χ0v) is 65.5. The summed E-state index contributed by atoms with van der Waals surface area (Å²) in [4.78, 5) is 92.7. The minimum Gasteiger partial charge on any atom is -0.480 e. The van der Waals surface area contributed by atoms with E-state index in [0.717, 1.165) is 5.56 Å². The van der Waals surface area contributed by atoms with E-state index < -0.39 is 147 Å². The molecular weight excluding hydrogens is 1570 g/mol. The number of halogens is 3. The molecule has 6 amide bonds. The molecule has 6 aliphatic rings. The third-order valence-corrected chi connectivity index (χ3v) is 24.1. The molecule has 4 atom stereocenters. The molecule has 113 heavy (non-hydrogen) atoms. The summed E-state index contributed by atoms with van der Waals surface area (Å²) >= 11 is 0. The van der Waals surface area contributed by atoms with Crippen LogP contribution < -0.4 is 31.3 Å². The van der Waals surface area contributed by atoms with Crippen LogP contribution in [-0.2, 0) is 109 Å². The van der Waals surface area contributed by atoms with E-state index >= 15 is 4.39 Å². The molecule has 0 radical (unpaired) electrons. The van der Waals surface area contributed by atoms with Gasteiger partial charge >= 0.3 is 5.97 Å².